The fourth-order valence-electron chi connectivity index (χ4n) is 2.18. The summed E-state index contributed by atoms with van der Waals surface area (Å²) in [5.41, 5.74) is 1.23. The lowest BCUT2D eigenvalue weighted by atomic mass is 10.0. The quantitative estimate of drug-likeness (QED) is 0.702. The van der Waals surface area contributed by atoms with E-state index < -0.39 is 11.9 Å². The third-order valence-electron chi connectivity index (χ3n) is 3.11. The van der Waals surface area contributed by atoms with E-state index >= 15 is 0 Å². The van der Waals surface area contributed by atoms with Gasteiger partial charge in [-0.3, -0.25) is 0 Å². The van der Waals surface area contributed by atoms with Crippen molar-refractivity contribution in [1.82, 2.24) is 0 Å². The largest absolute Gasteiger partial charge is 0.485 e. The molecule has 0 fully saturated rings. The molecule has 1 heterocycles. The molecule has 1 aliphatic heterocycles. The zero-order valence-corrected chi connectivity index (χ0v) is 11.9. The van der Waals surface area contributed by atoms with Gasteiger partial charge >= 0.3 is 0 Å². The second kappa shape index (κ2) is 4.76. The van der Waals surface area contributed by atoms with Gasteiger partial charge in [0.05, 0.1) is 9.50 Å². The lowest BCUT2D eigenvalue weighted by molar-refractivity contribution is 0.232. The normalized spacial score (nSPS) is 17.2. The highest BCUT2D eigenvalue weighted by Gasteiger charge is 2.28. The Morgan fingerprint density at radius 3 is 2.84 bits per heavy atom. The summed E-state index contributed by atoms with van der Waals surface area (Å²) in [5, 5.41) is 0.0534. The molecule has 1 atom stereocenters. The molecule has 2 aromatic rings. The molecule has 0 saturated carbocycles. The molecule has 1 unspecified atom stereocenters. The van der Waals surface area contributed by atoms with Crippen LogP contribution in [-0.2, 0) is 6.42 Å². The molecular formula is C14H8BrClF2O. The number of halogens is 4. The van der Waals surface area contributed by atoms with Crippen LogP contribution in [0.15, 0.2) is 34.8 Å². The Labute approximate surface area is 122 Å². The van der Waals surface area contributed by atoms with Crippen LogP contribution in [0.1, 0.15) is 17.2 Å². The fourth-order valence-corrected chi connectivity index (χ4v) is 2.74. The number of hydrogen-bond acceptors (Lipinski definition) is 1. The van der Waals surface area contributed by atoms with Crippen LogP contribution in [0.2, 0.25) is 5.02 Å². The zero-order valence-electron chi connectivity index (χ0n) is 9.59. The van der Waals surface area contributed by atoms with Crippen LogP contribution >= 0.6 is 27.5 Å². The minimum atomic E-state index is -0.532. The van der Waals surface area contributed by atoms with Crippen molar-refractivity contribution in [2.24, 2.45) is 0 Å². The lowest BCUT2D eigenvalue weighted by Gasteiger charge is -2.12. The van der Waals surface area contributed by atoms with Crippen LogP contribution in [-0.4, -0.2) is 0 Å². The van der Waals surface area contributed by atoms with Gasteiger partial charge in [0.15, 0.2) is 0 Å². The molecule has 3 rings (SSSR count). The summed E-state index contributed by atoms with van der Waals surface area (Å²) >= 11 is 8.87. The van der Waals surface area contributed by atoms with Crippen molar-refractivity contribution in [2.75, 3.05) is 0 Å². The minimum Gasteiger partial charge on any atom is -0.485 e. The van der Waals surface area contributed by atoms with Gasteiger partial charge in [-0.2, -0.15) is 0 Å². The number of fused-ring (bicyclic) bond motifs is 1. The molecule has 0 N–H and O–H groups in total. The maximum atomic E-state index is 14.0. The van der Waals surface area contributed by atoms with E-state index in [1.807, 2.05) is 0 Å². The van der Waals surface area contributed by atoms with E-state index in [-0.39, 0.29) is 10.8 Å². The molecule has 0 amide bonds. The van der Waals surface area contributed by atoms with Crippen molar-refractivity contribution >= 4 is 27.5 Å². The van der Waals surface area contributed by atoms with E-state index in [2.05, 4.69) is 15.9 Å². The molecule has 98 valence electrons. The summed E-state index contributed by atoms with van der Waals surface area (Å²) < 4.78 is 33.3. The molecule has 0 saturated heterocycles. The highest BCUT2D eigenvalue weighted by Crippen LogP contribution is 2.40. The Morgan fingerprint density at radius 1 is 1.26 bits per heavy atom. The molecule has 0 aliphatic carbocycles. The monoisotopic (exact) mass is 344 g/mol. The van der Waals surface area contributed by atoms with Crippen LogP contribution < -0.4 is 4.74 Å². The van der Waals surface area contributed by atoms with Crippen molar-refractivity contribution in [3.8, 4) is 5.75 Å². The molecule has 1 aliphatic rings. The summed E-state index contributed by atoms with van der Waals surface area (Å²) in [6, 6.07) is 7.80. The van der Waals surface area contributed by atoms with Crippen LogP contribution in [0.25, 0.3) is 0 Å². The predicted molar refractivity (Wildman–Crippen MR) is 72.6 cm³/mol. The first-order chi connectivity index (χ1) is 9.06. The van der Waals surface area contributed by atoms with Crippen LogP contribution in [0, 0.1) is 11.6 Å². The molecular weight excluding hydrogens is 338 g/mol. The summed E-state index contributed by atoms with van der Waals surface area (Å²) in [6.45, 7) is 0. The lowest BCUT2D eigenvalue weighted by Crippen LogP contribution is -2.06. The van der Waals surface area contributed by atoms with Crippen molar-refractivity contribution in [2.45, 2.75) is 12.5 Å². The van der Waals surface area contributed by atoms with E-state index in [1.54, 1.807) is 18.2 Å². The van der Waals surface area contributed by atoms with Gasteiger partial charge in [0.2, 0.25) is 0 Å². The molecule has 2 aromatic carbocycles. The van der Waals surface area contributed by atoms with E-state index in [0.29, 0.717) is 22.2 Å². The molecule has 0 bridgehead atoms. The third-order valence-corrected chi connectivity index (χ3v) is 4.01. The maximum Gasteiger partial charge on any atom is 0.145 e. The second-order valence-electron chi connectivity index (χ2n) is 4.33. The van der Waals surface area contributed by atoms with Crippen molar-refractivity contribution in [3.05, 3.63) is 62.6 Å². The number of hydrogen-bond donors (Lipinski definition) is 0. The summed E-state index contributed by atoms with van der Waals surface area (Å²) in [4.78, 5) is 0. The Kier molecular flexibility index (Phi) is 3.23. The predicted octanol–water partition coefficient (Wildman–Crippen LogP) is 5.06. The Balaban J connectivity index is 1.97. The highest BCUT2D eigenvalue weighted by atomic mass is 79.9. The van der Waals surface area contributed by atoms with E-state index in [0.717, 1.165) is 5.56 Å². The van der Waals surface area contributed by atoms with Crippen molar-refractivity contribution in [3.63, 3.8) is 0 Å². The fraction of sp³-hybridized carbons (Fsp3) is 0.143. The molecule has 0 radical (unpaired) electrons. The van der Waals surface area contributed by atoms with E-state index in [9.17, 15) is 8.78 Å². The van der Waals surface area contributed by atoms with Gasteiger partial charge in [0.1, 0.15) is 23.5 Å². The first-order valence-electron chi connectivity index (χ1n) is 5.64. The van der Waals surface area contributed by atoms with Gasteiger partial charge in [-0.1, -0.05) is 23.7 Å². The van der Waals surface area contributed by atoms with Gasteiger partial charge < -0.3 is 4.74 Å². The Bertz CT molecular complexity index is 629. The third kappa shape index (κ3) is 2.23. The Morgan fingerprint density at radius 2 is 2.05 bits per heavy atom. The topological polar surface area (TPSA) is 9.23 Å². The SMILES string of the molecule is Fc1cc2c(cc1Cl)CC(c1cccc(Br)c1F)O2. The standard InChI is InChI=1S/C14H8BrClF2O/c15-9-3-1-2-8(14(9)18)13-5-7-4-10(16)11(17)6-12(7)19-13/h1-4,6,13H,5H2. The zero-order chi connectivity index (χ0) is 13.6. The van der Waals surface area contributed by atoms with Gasteiger partial charge in [-0.25, -0.2) is 8.78 Å². The first-order valence-corrected chi connectivity index (χ1v) is 6.82. The number of ether oxygens (including phenoxy) is 1. The van der Waals surface area contributed by atoms with Crippen LogP contribution in [0.5, 0.6) is 5.75 Å². The smallest absolute Gasteiger partial charge is 0.145 e. The van der Waals surface area contributed by atoms with E-state index in [4.69, 9.17) is 16.3 Å². The summed E-state index contributed by atoms with van der Waals surface area (Å²) in [5.74, 6) is -0.464. The van der Waals surface area contributed by atoms with Gasteiger partial charge in [-0.15, -0.1) is 0 Å². The van der Waals surface area contributed by atoms with E-state index in [1.165, 1.54) is 12.1 Å². The van der Waals surface area contributed by atoms with Crippen LogP contribution in [0.3, 0.4) is 0 Å². The minimum absolute atomic E-state index is 0.0534. The molecule has 5 heteroatoms. The average Bonchev–Trinajstić information content (AvgIpc) is 2.76. The molecule has 19 heavy (non-hydrogen) atoms. The number of rotatable bonds is 1. The highest BCUT2D eigenvalue weighted by molar-refractivity contribution is 9.10. The second-order valence-corrected chi connectivity index (χ2v) is 5.59. The first kappa shape index (κ1) is 12.9. The molecule has 0 aromatic heterocycles. The average molecular weight is 346 g/mol. The summed E-state index contributed by atoms with van der Waals surface area (Å²) in [6.07, 6.45) is 0.0215. The van der Waals surface area contributed by atoms with Crippen LogP contribution in [0.4, 0.5) is 8.78 Å². The number of benzene rings is 2. The van der Waals surface area contributed by atoms with Gasteiger partial charge in [-0.05, 0) is 33.6 Å². The van der Waals surface area contributed by atoms with Crippen molar-refractivity contribution in [1.29, 1.82) is 0 Å². The summed E-state index contributed by atoms with van der Waals surface area (Å²) in [7, 11) is 0. The maximum absolute atomic E-state index is 14.0. The Hall–Kier alpha value is -1.13. The molecule has 1 nitrogen and oxygen atoms in total. The van der Waals surface area contributed by atoms with Gasteiger partial charge in [0, 0.05) is 18.1 Å². The van der Waals surface area contributed by atoms with Crippen molar-refractivity contribution < 1.29 is 13.5 Å². The van der Waals surface area contributed by atoms with Gasteiger partial charge in [0.25, 0.3) is 0 Å². The molecule has 0 spiro atoms.